The zero-order valence-electron chi connectivity index (χ0n) is 16.2. The van der Waals surface area contributed by atoms with Gasteiger partial charge in [0.1, 0.15) is 23.9 Å². The number of hydrogen-bond acceptors (Lipinski definition) is 3. The van der Waals surface area contributed by atoms with E-state index < -0.39 is 12.7 Å². The van der Waals surface area contributed by atoms with E-state index in [0.717, 1.165) is 35.2 Å². The van der Waals surface area contributed by atoms with Gasteiger partial charge < -0.3 is 9.47 Å². The van der Waals surface area contributed by atoms with E-state index in [4.69, 9.17) is 11.6 Å². The largest absolute Gasteiger partial charge is 0.406 e. The molecule has 154 valence electrons. The second kappa shape index (κ2) is 6.96. The van der Waals surface area contributed by atoms with Crippen LogP contribution in [0.3, 0.4) is 0 Å². The fraction of sp³-hybridized carbons (Fsp3) is 0.273. The first-order valence-electron chi connectivity index (χ1n) is 9.60. The highest BCUT2D eigenvalue weighted by molar-refractivity contribution is 6.34. The van der Waals surface area contributed by atoms with Crippen LogP contribution in [0.25, 0.3) is 33.1 Å². The molecular formula is C22H18ClF3N4. The summed E-state index contributed by atoms with van der Waals surface area (Å²) in [4.78, 5) is 10.4. The van der Waals surface area contributed by atoms with Gasteiger partial charge in [-0.15, -0.1) is 0 Å². The minimum Gasteiger partial charge on any atom is -0.327 e. The van der Waals surface area contributed by atoms with E-state index in [2.05, 4.69) is 40.1 Å². The molecule has 1 aliphatic rings. The molecule has 0 saturated carbocycles. The first-order valence-corrected chi connectivity index (χ1v) is 9.98. The average Bonchev–Trinajstić information content (AvgIpc) is 3.00. The molecule has 2 aromatic heterocycles. The second-order valence-electron chi connectivity index (χ2n) is 7.77. The van der Waals surface area contributed by atoms with Crippen molar-refractivity contribution in [1.82, 2.24) is 19.4 Å². The third-order valence-corrected chi connectivity index (χ3v) is 5.95. The lowest BCUT2D eigenvalue weighted by molar-refractivity contribution is -0.139. The molecular weight excluding hydrogens is 413 g/mol. The van der Waals surface area contributed by atoms with Crippen LogP contribution in [0.15, 0.2) is 42.7 Å². The molecule has 0 unspecified atom stereocenters. The fourth-order valence-electron chi connectivity index (χ4n) is 4.28. The Hall–Kier alpha value is -2.64. The summed E-state index contributed by atoms with van der Waals surface area (Å²) in [5.41, 5.74) is 5.66. The van der Waals surface area contributed by atoms with Gasteiger partial charge in [-0.25, -0.2) is 9.97 Å². The minimum atomic E-state index is -4.39. The topological polar surface area (TPSA) is 34.0 Å². The predicted octanol–water partition coefficient (Wildman–Crippen LogP) is 5.46. The zero-order valence-corrected chi connectivity index (χ0v) is 16.9. The summed E-state index contributed by atoms with van der Waals surface area (Å²) in [6.45, 7) is 0.779. The van der Waals surface area contributed by atoms with Gasteiger partial charge in [-0.2, -0.15) is 13.2 Å². The zero-order chi connectivity index (χ0) is 21.0. The maximum absolute atomic E-state index is 13.2. The van der Waals surface area contributed by atoms with E-state index in [9.17, 15) is 13.2 Å². The van der Waals surface area contributed by atoms with Crippen molar-refractivity contribution < 1.29 is 13.2 Å². The highest BCUT2D eigenvalue weighted by Gasteiger charge is 2.31. The summed E-state index contributed by atoms with van der Waals surface area (Å²) < 4.78 is 40.9. The number of fused-ring (bicyclic) bond motifs is 4. The Balaban J connectivity index is 1.69. The van der Waals surface area contributed by atoms with Crippen LogP contribution in [0.5, 0.6) is 0 Å². The van der Waals surface area contributed by atoms with Gasteiger partial charge in [0.05, 0.1) is 5.52 Å². The lowest BCUT2D eigenvalue weighted by Gasteiger charge is -2.25. The number of likely N-dealkylation sites (N-methyl/N-ethyl adjacent to an activating group) is 1. The minimum absolute atomic E-state index is 0.0128. The van der Waals surface area contributed by atoms with Crippen molar-refractivity contribution in [1.29, 1.82) is 0 Å². The Bertz CT molecular complexity index is 1280. The van der Waals surface area contributed by atoms with Crippen molar-refractivity contribution in [2.24, 2.45) is 0 Å². The Morgan fingerprint density at radius 2 is 1.80 bits per heavy atom. The molecule has 5 rings (SSSR count). The molecule has 0 atom stereocenters. The second-order valence-corrected chi connectivity index (χ2v) is 8.12. The summed E-state index contributed by atoms with van der Waals surface area (Å²) in [7, 11) is 2.10. The van der Waals surface area contributed by atoms with Crippen molar-refractivity contribution >= 4 is 33.5 Å². The molecule has 0 radical (unpaired) electrons. The van der Waals surface area contributed by atoms with Crippen LogP contribution in [-0.4, -0.2) is 39.2 Å². The van der Waals surface area contributed by atoms with Gasteiger partial charge >= 0.3 is 6.18 Å². The number of rotatable bonds is 2. The number of alkyl halides is 3. The summed E-state index contributed by atoms with van der Waals surface area (Å²) in [6, 6.07) is 11.8. The quantitative estimate of drug-likeness (QED) is 0.396. The maximum atomic E-state index is 13.2. The molecule has 0 spiro atoms. The monoisotopic (exact) mass is 430 g/mol. The SMILES string of the molecule is CN1CCc2ccc(-c3ccc4c(c3)c3ncnc(Cl)c3n4CC(F)(F)F)cc2C1. The number of hydrogen-bond donors (Lipinski definition) is 0. The summed E-state index contributed by atoms with van der Waals surface area (Å²) in [6.07, 6.45) is -2.09. The molecule has 0 aliphatic carbocycles. The van der Waals surface area contributed by atoms with Gasteiger partial charge in [-0.05, 0) is 53.9 Å². The summed E-state index contributed by atoms with van der Waals surface area (Å²) in [5, 5.41) is 0.643. The Morgan fingerprint density at radius 1 is 1.03 bits per heavy atom. The summed E-state index contributed by atoms with van der Waals surface area (Å²) in [5.74, 6) is 0. The third kappa shape index (κ3) is 3.32. The molecule has 0 saturated heterocycles. The standard InChI is InChI=1S/C22H18ClF3N4/c1-29-7-6-13-2-3-14(8-16(13)10-29)15-4-5-18-17(9-15)19-20(21(23)28-12-27-19)30(18)11-22(24,25)26/h2-5,8-9,12H,6-7,10-11H2,1H3. The van der Waals surface area contributed by atoms with Crippen LogP contribution in [0.1, 0.15) is 11.1 Å². The van der Waals surface area contributed by atoms with Crippen molar-refractivity contribution in [3.63, 3.8) is 0 Å². The van der Waals surface area contributed by atoms with Gasteiger partial charge in [0, 0.05) is 18.5 Å². The molecule has 0 amide bonds. The van der Waals surface area contributed by atoms with Crippen LogP contribution < -0.4 is 0 Å². The molecule has 30 heavy (non-hydrogen) atoms. The van der Waals surface area contributed by atoms with Gasteiger partial charge in [-0.1, -0.05) is 29.8 Å². The van der Waals surface area contributed by atoms with Gasteiger partial charge in [0.15, 0.2) is 5.15 Å². The molecule has 1 aliphatic heterocycles. The lowest BCUT2D eigenvalue weighted by atomic mass is 9.94. The molecule has 3 heterocycles. The van der Waals surface area contributed by atoms with Gasteiger partial charge in [0.25, 0.3) is 0 Å². The van der Waals surface area contributed by atoms with Crippen LogP contribution in [0, 0.1) is 0 Å². The highest BCUT2D eigenvalue weighted by atomic mass is 35.5. The van der Waals surface area contributed by atoms with Gasteiger partial charge in [0.2, 0.25) is 0 Å². The van der Waals surface area contributed by atoms with Crippen LogP contribution in [0.4, 0.5) is 13.2 Å². The third-order valence-electron chi connectivity index (χ3n) is 5.67. The average molecular weight is 431 g/mol. The molecule has 4 nitrogen and oxygen atoms in total. The highest BCUT2D eigenvalue weighted by Crippen LogP contribution is 2.36. The Labute approximate surface area is 175 Å². The molecule has 8 heteroatoms. The number of nitrogens with zero attached hydrogens (tertiary/aromatic N) is 4. The smallest absolute Gasteiger partial charge is 0.327 e. The van der Waals surface area contributed by atoms with E-state index in [0.29, 0.717) is 16.4 Å². The Morgan fingerprint density at radius 3 is 2.60 bits per heavy atom. The molecule has 0 fully saturated rings. The van der Waals surface area contributed by atoms with E-state index in [1.165, 1.54) is 17.5 Å². The van der Waals surface area contributed by atoms with E-state index in [1.54, 1.807) is 6.07 Å². The summed E-state index contributed by atoms with van der Waals surface area (Å²) >= 11 is 6.17. The van der Waals surface area contributed by atoms with E-state index >= 15 is 0 Å². The van der Waals surface area contributed by atoms with Crippen molar-refractivity contribution in [2.45, 2.75) is 25.7 Å². The van der Waals surface area contributed by atoms with Crippen molar-refractivity contribution in [3.8, 4) is 11.1 Å². The van der Waals surface area contributed by atoms with Crippen LogP contribution in [-0.2, 0) is 19.5 Å². The molecule has 0 bridgehead atoms. The van der Waals surface area contributed by atoms with E-state index in [1.807, 2.05) is 12.1 Å². The number of aromatic nitrogens is 3. The maximum Gasteiger partial charge on any atom is 0.406 e. The fourth-order valence-corrected chi connectivity index (χ4v) is 4.51. The number of benzene rings is 2. The predicted molar refractivity (Wildman–Crippen MR) is 112 cm³/mol. The van der Waals surface area contributed by atoms with Crippen molar-refractivity contribution in [3.05, 3.63) is 59.0 Å². The number of halogens is 4. The Kier molecular flexibility index (Phi) is 4.48. The molecule has 4 aromatic rings. The van der Waals surface area contributed by atoms with Crippen molar-refractivity contribution in [2.75, 3.05) is 13.6 Å². The van der Waals surface area contributed by atoms with E-state index in [-0.39, 0.29) is 10.7 Å². The lowest BCUT2D eigenvalue weighted by Crippen LogP contribution is -2.26. The van der Waals surface area contributed by atoms with Crippen LogP contribution in [0.2, 0.25) is 5.15 Å². The van der Waals surface area contributed by atoms with Crippen LogP contribution >= 0.6 is 11.6 Å². The first-order chi connectivity index (χ1) is 14.3. The molecule has 2 aromatic carbocycles. The first kappa shape index (κ1) is 19.3. The van der Waals surface area contributed by atoms with Gasteiger partial charge in [-0.3, -0.25) is 0 Å². The normalized spacial score (nSPS) is 15.1. The molecule has 0 N–H and O–H groups in total.